The zero-order chi connectivity index (χ0) is 35.6. The van der Waals surface area contributed by atoms with Crippen LogP contribution in [0.2, 0.25) is 0 Å². The summed E-state index contributed by atoms with van der Waals surface area (Å²) in [7, 11) is 0. The van der Waals surface area contributed by atoms with Crippen LogP contribution in [0.4, 0.5) is 0 Å². The van der Waals surface area contributed by atoms with Crippen molar-refractivity contribution in [3.8, 4) is 16.8 Å². The molecule has 0 unspecified atom stereocenters. The van der Waals surface area contributed by atoms with Gasteiger partial charge in [0.25, 0.3) is 0 Å². The van der Waals surface area contributed by atoms with Crippen molar-refractivity contribution in [2.75, 3.05) is 0 Å². The molecule has 54 heavy (non-hydrogen) atoms. The first-order valence-electron chi connectivity index (χ1n) is 19.2. The van der Waals surface area contributed by atoms with Crippen LogP contribution in [0.15, 0.2) is 193 Å². The Morgan fingerprint density at radius 2 is 0.852 bits per heavy atom. The van der Waals surface area contributed by atoms with Gasteiger partial charge in [0, 0.05) is 32.9 Å². The highest BCUT2D eigenvalue weighted by Gasteiger charge is 2.20. The summed E-state index contributed by atoms with van der Waals surface area (Å²) >= 11 is 0. The van der Waals surface area contributed by atoms with Gasteiger partial charge in [-0.15, -0.1) is 0 Å². The van der Waals surface area contributed by atoms with Crippen LogP contribution in [0.3, 0.4) is 0 Å². The van der Waals surface area contributed by atoms with Gasteiger partial charge < -0.3 is 9.13 Å². The number of aromatic nitrogens is 2. The molecule has 0 amide bonds. The van der Waals surface area contributed by atoms with E-state index in [0.717, 1.165) is 25.7 Å². The van der Waals surface area contributed by atoms with E-state index < -0.39 is 0 Å². The Bertz CT molecular complexity index is 3090. The van der Waals surface area contributed by atoms with E-state index >= 15 is 0 Å². The second-order valence-electron chi connectivity index (χ2n) is 14.8. The number of nitrogens with zero attached hydrogens (tertiary/aromatic N) is 2. The van der Waals surface area contributed by atoms with Gasteiger partial charge in [0.05, 0.1) is 22.1 Å². The van der Waals surface area contributed by atoms with Crippen LogP contribution >= 0.6 is 0 Å². The van der Waals surface area contributed by atoms with Crippen molar-refractivity contribution in [1.29, 1.82) is 0 Å². The van der Waals surface area contributed by atoms with Crippen molar-refractivity contribution >= 4 is 65.7 Å². The van der Waals surface area contributed by atoms with Gasteiger partial charge >= 0.3 is 0 Å². The first kappa shape index (κ1) is 30.9. The zero-order valence-electron chi connectivity index (χ0n) is 30.0. The molecule has 2 heteroatoms. The van der Waals surface area contributed by atoms with Crippen molar-refractivity contribution in [2.24, 2.45) is 0 Å². The van der Waals surface area contributed by atoms with Crippen molar-refractivity contribution in [3.63, 3.8) is 0 Å². The highest BCUT2D eigenvalue weighted by Crippen LogP contribution is 2.41. The summed E-state index contributed by atoms with van der Waals surface area (Å²) in [6.07, 6.45) is 13.7. The van der Waals surface area contributed by atoms with Crippen molar-refractivity contribution in [2.45, 2.75) is 25.7 Å². The number of fused-ring (bicyclic) bond motifs is 7. The summed E-state index contributed by atoms with van der Waals surface area (Å²) in [5.74, 6) is 0. The van der Waals surface area contributed by atoms with Gasteiger partial charge in [0.1, 0.15) is 0 Å². The summed E-state index contributed by atoms with van der Waals surface area (Å²) < 4.78 is 4.92. The van der Waals surface area contributed by atoms with Crippen molar-refractivity contribution < 1.29 is 0 Å². The van der Waals surface area contributed by atoms with Crippen LogP contribution in [-0.2, 0) is 0 Å². The lowest BCUT2D eigenvalue weighted by Gasteiger charge is -2.22. The maximum atomic E-state index is 2.50. The minimum Gasteiger partial charge on any atom is -0.313 e. The molecule has 2 aromatic heterocycles. The SMILES string of the molecule is C1=C(C2=CC=C(n3c4ccccc4c4cc(-c5ccc6c(c5)c5ccccc5n6-c5ccc6ccccc6c5)ccc43)CC2)CCC(c2ccccc2)=C1. The molecule has 2 heterocycles. The Balaban J connectivity index is 0.980. The summed E-state index contributed by atoms with van der Waals surface area (Å²) in [6.45, 7) is 0. The van der Waals surface area contributed by atoms with E-state index in [9.17, 15) is 0 Å². The molecular formula is C52H38N2. The summed E-state index contributed by atoms with van der Waals surface area (Å²) in [6, 6.07) is 58.0. The molecule has 9 aromatic rings. The number of benzene rings is 7. The van der Waals surface area contributed by atoms with Crippen LogP contribution in [-0.4, -0.2) is 9.13 Å². The largest absolute Gasteiger partial charge is 0.313 e. The molecule has 0 spiro atoms. The number of rotatable bonds is 5. The van der Waals surface area contributed by atoms with Gasteiger partial charge in [0.2, 0.25) is 0 Å². The number of hydrogen-bond acceptors (Lipinski definition) is 0. The molecule has 0 radical (unpaired) electrons. The fourth-order valence-electron chi connectivity index (χ4n) is 9.09. The lowest BCUT2D eigenvalue weighted by Crippen LogP contribution is -2.04. The summed E-state index contributed by atoms with van der Waals surface area (Å²) in [5, 5.41) is 7.65. The minimum atomic E-state index is 1.02. The normalized spacial score (nSPS) is 14.8. The van der Waals surface area contributed by atoms with E-state index in [0.29, 0.717) is 0 Å². The number of hydrogen-bond donors (Lipinski definition) is 0. The molecular weight excluding hydrogens is 653 g/mol. The van der Waals surface area contributed by atoms with Gasteiger partial charge in [0.15, 0.2) is 0 Å². The van der Waals surface area contributed by atoms with Gasteiger partial charge in [-0.3, -0.25) is 0 Å². The monoisotopic (exact) mass is 690 g/mol. The first-order chi connectivity index (χ1) is 26.8. The van der Waals surface area contributed by atoms with Crippen LogP contribution in [0.5, 0.6) is 0 Å². The van der Waals surface area contributed by atoms with Gasteiger partial charge in [-0.2, -0.15) is 0 Å². The van der Waals surface area contributed by atoms with E-state index in [1.807, 2.05) is 0 Å². The van der Waals surface area contributed by atoms with Crippen LogP contribution < -0.4 is 0 Å². The van der Waals surface area contributed by atoms with E-state index in [4.69, 9.17) is 0 Å². The molecule has 256 valence electrons. The van der Waals surface area contributed by atoms with Crippen molar-refractivity contribution in [3.05, 3.63) is 199 Å². The Morgan fingerprint density at radius 1 is 0.315 bits per heavy atom. The predicted molar refractivity (Wildman–Crippen MR) is 230 cm³/mol. The predicted octanol–water partition coefficient (Wildman–Crippen LogP) is 14.1. The van der Waals surface area contributed by atoms with Crippen molar-refractivity contribution in [1.82, 2.24) is 9.13 Å². The molecule has 0 aliphatic heterocycles. The molecule has 2 nitrogen and oxygen atoms in total. The second-order valence-corrected chi connectivity index (χ2v) is 14.8. The van der Waals surface area contributed by atoms with Gasteiger partial charge in [-0.25, -0.2) is 0 Å². The molecule has 0 N–H and O–H groups in total. The van der Waals surface area contributed by atoms with Gasteiger partial charge in [-0.1, -0.05) is 127 Å². The van der Waals surface area contributed by atoms with E-state index in [1.54, 1.807) is 0 Å². The average Bonchev–Trinajstić information content (AvgIpc) is 3.76. The van der Waals surface area contributed by atoms with Crippen LogP contribution in [0.25, 0.3) is 82.5 Å². The maximum absolute atomic E-state index is 2.50. The topological polar surface area (TPSA) is 9.86 Å². The van der Waals surface area contributed by atoms with Gasteiger partial charge in [-0.05, 0) is 124 Å². The fraction of sp³-hybridized carbons (Fsp3) is 0.0769. The highest BCUT2D eigenvalue weighted by molar-refractivity contribution is 6.13. The molecule has 7 aromatic carbocycles. The second kappa shape index (κ2) is 12.5. The maximum Gasteiger partial charge on any atom is 0.0541 e. The Labute approximate surface area is 314 Å². The smallest absolute Gasteiger partial charge is 0.0541 e. The molecule has 0 saturated carbocycles. The first-order valence-corrected chi connectivity index (χ1v) is 19.2. The van der Waals surface area contributed by atoms with E-state index in [-0.39, 0.29) is 0 Å². The number of allylic oxidation sites excluding steroid dienone is 8. The molecule has 2 aliphatic carbocycles. The lowest BCUT2D eigenvalue weighted by atomic mass is 9.86. The third kappa shape index (κ3) is 5.02. The summed E-state index contributed by atoms with van der Waals surface area (Å²) in [4.78, 5) is 0. The zero-order valence-corrected chi connectivity index (χ0v) is 30.0. The molecule has 0 bridgehead atoms. The minimum absolute atomic E-state index is 1.02. The van der Waals surface area contributed by atoms with E-state index in [1.165, 1.54) is 99.2 Å². The van der Waals surface area contributed by atoms with Crippen LogP contribution in [0, 0.1) is 0 Å². The summed E-state index contributed by atoms with van der Waals surface area (Å²) in [5.41, 5.74) is 15.7. The Hall–Kier alpha value is -6.64. The third-order valence-electron chi connectivity index (χ3n) is 11.8. The molecule has 2 aliphatic rings. The lowest BCUT2D eigenvalue weighted by molar-refractivity contribution is 0.890. The fourth-order valence-corrected chi connectivity index (χ4v) is 9.09. The molecule has 11 rings (SSSR count). The average molecular weight is 691 g/mol. The molecule has 0 saturated heterocycles. The molecule has 0 fully saturated rings. The Kier molecular flexibility index (Phi) is 7.16. The third-order valence-corrected chi connectivity index (χ3v) is 11.8. The van der Waals surface area contributed by atoms with Crippen LogP contribution in [0.1, 0.15) is 31.2 Å². The number of para-hydroxylation sites is 2. The quantitative estimate of drug-likeness (QED) is 0.170. The molecule has 0 atom stereocenters. The Morgan fingerprint density at radius 3 is 1.52 bits per heavy atom. The standard InChI is InChI=1S/C52H38N2/c1-2-10-35(11-3-1)37-18-20-38(21-19-37)39-22-27-43(28-23-39)53-49-16-8-6-14-45(49)47-33-41(25-30-51(47)53)42-26-31-52-48(34-42)46-15-7-9-17-50(46)54(52)44-29-24-36-12-4-5-13-40(36)32-44/h1-18,20,22,24-27,29-34H,19,21,23,28H2. The highest BCUT2D eigenvalue weighted by atomic mass is 15.0. The van der Waals surface area contributed by atoms with E-state index in [2.05, 4.69) is 191 Å².